The molecule has 2 rings (SSSR count). The maximum absolute atomic E-state index is 12.1. The largest absolute Gasteiger partial charge is 0.492 e. The van der Waals surface area contributed by atoms with E-state index in [9.17, 15) is 9.59 Å². The van der Waals surface area contributed by atoms with Crippen LogP contribution in [0.1, 0.15) is 13.8 Å². The molecule has 1 aromatic rings. The third-order valence-electron chi connectivity index (χ3n) is 2.77. The van der Waals surface area contributed by atoms with Crippen molar-refractivity contribution >= 4 is 17.5 Å². The maximum Gasteiger partial charge on any atom is 0.249 e. The summed E-state index contributed by atoms with van der Waals surface area (Å²) in [5, 5.41) is 2.61. The first kappa shape index (κ1) is 12.4. The van der Waals surface area contributed by atoms with Gasteiger partial charge in [0.25, 0.3) is 0 Å². The number of piperazine rings is 1. The summed E-state index contributed by atoms with van der Waals surface area (Å²) in [6.45, 7) is 4.11. The Bertz CT molecular complexity index is 473. The lowest BCUT2D eigenvalue weighted by molar-refractivity contribution is -0.130. The number of hydrogen-bond acceptors (Lipinski definition) is 3. The fourth-order valence-corrected chi connectivity index (χ4v) is 1.97. The zero-order valence-electron chi connectivity index (χ0n) is 10.5. The molecule has 1 fully saturated rings. The zero-order chi connectivity index (χ0) is 13.1. The zero-order valence-corrected chi connectivity index (χ0v) is 10.5. The quantitative estimate of drug-likeness (QED) is 0.866. The van der Waals surface area contributed by atoms with E-state index in [-0.39, 0.29) is 18.4 Å². The van der Waals surface area contributed by atoms with E-state index in [1.807, 2.05) is 19.1 Å². The highest BCUT2D eigenvalue weighted by Crippen LogP contribution is 2.29. The van der Waals surface area contributed by atoms with Gasteiger partial charge in [0.15, 0.2) is 0 Å². The van der Waals surface area contributed by atoms with Gasteiger partial charge in [0.2, 0.25) is 11.8 Å². The summed E-state index contributed by atoms with van der Waals surface area (Å²) in [6.07, 6.45) is 0. The molecule has 1 unspecified atom stereocenters. The lowest BCUT2D eigenvalue weighted by Crippen LogP contribution is -2.57. The fraction of sp³-hybridized carbons (Fsp3) is 0.385. The molecule has 1 aromatic carbocycles. The minimum absolute atomic E-state index is 0.0350. The molecular weight excluding hydrogens is 232 g/mol. The molecule has 0 aliphatic carbocycles. The Morgan fingerprint density at radius 3 is 2.83 bits per heavy atom. The topological polar surface area (TPSA) is 58.6 Å². The number of nitrogens with one attached hydrogen (secondary N) is 1. The van der Waals surface area contributed by atoms with Crippen LogP contribution in [0.4, 0.5) is 5.69 Å². The summed E-state index contributed by atoms with van der Waals surface area (Å²) in [4.78, 5) is 25.1. The van der Waals surface area contributed by atoms with E-state index in [1.54, 1.807) is 19.1 Å². The van der Waals surface area contributed by atoms with Crippen molar-refractivity contribution in [1.82, 2.24) is 5.32 Å². The summed E-state index contributed by atoms with van der Waals surface area (Å²) in [5.41, 5.74) is 0.644. The number of ether oxygens (including phenoxy) is 1. The standard InChI is InChI=1S/C13H16N2O3/c1-3-18-11-7-5-4-6-10(11)15-8-12(16)14-9(2)13(15)17/h4-7,9H,3,8H2,1-2H3,(H,14,16). The third-order valence-corrected chi connectivity index (χ3v) is 2.77. The maximum atomic E-state index is 12.1. The lowest BCUT2D eigenvalue weighted by atomic mass is 10.1. The Kier molecular flexibility index (Phi) is 3.50. The van der Waals surface area contributed by atoms with E-state index in [0.717, 1.165) is 0 Å². The molecular formula is C13H16N2O3. The molecule has 1 saturated heterocycles. The second kappa shape index (κ2) is 5.08. The molecule has 0 bridgehead atoms. The second-order valence-corrected chi connectivity index (χ2v) is 4.11. The minimum atomic E-state index is -0.499. The summed E-state index contributed by atoms with van der Waals surface area (Å²) < 4.78 is 5.48. The molecule has 5 nitrogen and oxygen atoms in total. The smallest absolute Gasteiger partial charge is 0.249 e. The van der Waals surface area contributed by atoms with E-state index < -0.39 is 6.04 Å². The van der Waals surface area contributed by atoms with Gasteiger partial charge in [-0.15, -0.1) is 0 Å². The van der Waals surface area contributed by atoms with Crippen LogP contribution in [0.2, 0.25) is 0 Å². The molecule has 1 atom stereocenters. The van der Waals surface area contributed by atoms with Gasteiger partial charge in [-0.3, -0.25) is 14.5 Å². The van der Waals surface area contributed by atoms with Crippen LogP contribution in [-0.2, 0) is 9.59 Å². The van der Waals surface area contributed by atoms with Crippen LogP contribution in [0.25, 0.3) is 0 Å². The second-order valence-electron chi connectivity index (χ2n) is 4.11. The van der Waals surface area contributed by atoms with Gasteiger partial charge in [0, 0.05) is 0 Å². The van der Waals surface area contributed by atoms with Crippen LogP contribution < -0.4 is 15.0 Å². The molecule has 1 N–H and O–H groups in total. The van der Waals surface area contributed by atoms with Crippen molar-refractivity contribution in [3.05, 3.63) is 24.3 Å². The molecule has 5 heteroatoms. The first-order valence-electron chi connectivity index (χ1n) is 5.96. The van der Waals surface area contributed by atoms with Crippen LogP contribution in [0.3, 0.4) is 0 Å². The summed E-state index contributed by atoms with van der Waals surface area (Å²) in [5.74, 6) is 0.338. The molecule has 18 heavy (non-hydrogen) atoms. The predicted molar refractivity (Wildman–Crippen MR) is 67.6 cm³/mol. The van der Waals surface area contributed by atoms with Crippen LogP contribution in [0.5, 0.6) is 5.75 Å². The minimum Gasteiger partial charge on any atom is -0.492 e. The Morgan fingerprint density at radius 1 is 1.39 bits per heavy atom. The van der Waals surface area contributed by atoms with Gasteiger partial charge >= 0.3 is 0 Å². The van der Waals surface area contributed by atoms with E-state index >= 15 is 0 Å². The number of anilines is 1. The number of nitrogens with zero attached hydrogens (tertiary/aromatic N) is 1. The molecule has 0 saturated carbocycles. The molecule has 0 spiro atoms. The molecule has 2 amide bonds. The summed E-state index contributed by atoms with van der Waals surface area (Å²) >= 11 is 0. The van der Waals surface area contributed by atoms with Gasteiger partial charge in [-0.25, -0.2) is 0 Å². The van der Waals surface area contributed by atoms with E-state index in [0.29, 0.717) is 18.0 Å². The first-order chi connectivity index (χ1) is 8.63. The Balaban J connectivity index is 2.34. The number of para-hydroxylation sites is 2. The Labute approximate surface area is 106 Å². The van der Waals surface area contributed by atoms with E-state index in [2.05, 4.69) is 5.32 Å². The van der Waals surface area contributed by atoms with Crippen molar-refractivity contribution in [1.29, 1.82) is 0 Å². The third kappa shape index (κ3) is 2.30. The van der Waals surface area contributed by atoms with Gasteiger partial charge in [-0.05, 0) is 26.0 Å². The van der Waals surface area contributed by atoms with Gasteiger partial charge in [0.1, 0.15) is 18.3 Å². The average molecular weight is 248 g/mol. The molecule has 1 aliphatic rings. The highest BCUT2D eigenvalue weighted by atomic mass is 16.5. The highest BCUT2D eigenvalue weighted by Gasteiger charge is 2.31. The van der Waals surface area contributed by atoms with Crippen LogP contribution in [0.15, 0.2) is 24.3 Å². The fourth-order valence-electron chi connectivity index (χ4n) is 1.97. The summed E-state index contributed by atoms with van der Waals surface area (Å²) in [7, 11) is 0. The SMILES string of the molecule is CCOc1ccccc1N1CC(=O)NC(C)C1=O. The number of carbonyl (C=O) groups excluding carboxylic acids is 2. The normalized spacial score (nSPS) is 19.7. The Hall–Kier alpha value is -2.04. The number of rotatable bonds is 3. The molecule has 0 radical (unpaired) electrons. The number of benzene rings is 1. The van der Waals surface area contributed by atoms with E-state index in [1.165, 1.54) is 4.90 Å². The highest BCUT2D eigenvalue weighted by molar-refractivity contribution is 6.07. The number of amides is 2. The molecule has 1 heterocycles. The van der Waals surface area contributed by atoms with Gasteiger partial charge in [0.05, 0.1) is 12.3 Å². The lowest BCUT2D eigenvalue weighted by Gasteiger charge is -2.31. The van der Waals surface area contributed by atoms with Gasteiger partial charge in [-0.1, -0.05) is 12.1 Å². The van der Waals surface area contributed by atoms with Crippen LogP contribution in [-0.4, -0.2) is 31.0 Å². The van der Waals surface area contributed by atoms with E-state index in [4.69, 9.17) is 4.74 Å². The Morgan fingerprint density at radius 2 is 2.11 bits per heavy atom. The van der Waals surface area contributed by atoms with Crippen molar-refractivity contribution in [3.8, 4) is 5.75 Å². The van der Waals surface area contributed by atoms with Crippen LogP contribution >= 0.6 is 0 Å². The molecule has 1 aliphatic heterocycles. The number of carbonyl (C=O) groups is 2. The predicted octanol–water partition coefficient (Wildman–Crippen LogP) is 0.937. The van der Waals surface area contributed by atoms with Crippen LogP contribution in [0, 0.1) is 0 Å². The molecule has 96 valence electrons. The van der Waals surface area contributed by atoms with Gasteiger partial charge < -0.3 is 10.1 Å². The van der Waals surface area contributed by atoms with Gasteiger partial charge in [-0.2, -0.15) is 0 Å². The molecule has 0 aromatic heterocycles. The monoisotopic (exact) mass is 248 g/mol. The number of hydrogen-bond donors (Lipinski definition) is 1. The average Bonchev–Trinajstić information content (AvgIpc) is 2.35. The van der Waals surface area contributed by atoms with Crippen molar-refractivity contribution in [2.45, 2.75) is 19.9 Å². The van der Waals surface area contributed by atoms with Crippen molar-refractivity contribution in [2.24, 2.45) is 0 Å². The first-order valence-corrected chi connectivity index (χ1v) is 5.96. The van der Waals surface area contributed by atoms with Crippen molar-refractivity contribution in [2.75, 3.05) is 18.1 Å². The summed E-state index contributed by atoms with van der Waals surface area (Å²) in [6, 6.07) is 6.74. The van der Waals surface area contributed by atoms with Crippen molar-refractivity contribution in [3.63, 3.8) is 0 Å². The van der Waals surface area contributed by atoms with Crippen molar-refractivity contribution < 1.29 is 14.3 Å².